The van der Waals surface area contributed by atoms with E-state index in [1.807, 2.05) is 0 Å². The molecule has 0 saturated heterocycles. The quantitative estimate of drug-likeness (QED) is 0.532. The molecule has 1 rings (SSSR count). The molecule has 0 heterocycles. The monoisotopic (exact) mass is 372 g/mol. The topological polar surface area (TPSA) is 122 Å². The lowest BCUT2D eigenvalue weighted by molar-refractivity contribution is -0.137. The van der Waals surface area contributed by atoms with Gasteiger partial charge in [0.15, 0.2) is 0 Å². The Kier molecular flexibility index (Phi) is 8.53. The number of hydrogen-bond donors (Lipinski definition) is 3. The molecule has 0 unspecified atom stereocenters. The molecule has 1 aromatic rings. The van der Waals surface area contributed by atoms with E-state index in [1.54, 1.807) is 38.1 Å². The van der Waals surface area contributed by atoms with Crippen molar-refractivity contribution in [1.29, 1.82) is 0 Å². The zero-order chi connectivity index (χ0) is 18.9. The fourth-order valence-electron chi connectivity index (χ4n) is 1.85. The molecule has 0 atom stereocenters. The Labute approximate surface area is 147 Å². The third-order valence-electron chi connectivity index (χ3n) is 3.12. The van der Waals surface area contributed by atoms with Gasteiger partial charge in [-0.2, -0.15) is 0 Å². The largest absolute Gasteiger partial charge is 0.481 e. The van der Waals surface area contributed by atoms with Crippen LogP contribution in [0.25, 0.3) is 0 Å². The smallest absolute Gasteiger partial charge is 0.303 e. The number of carbonyl (C=O) groups is 2. The summed E-state index contributed by atoms with van der Waals surface area (Å²) in [6.07, 6.45) is 0.382. The van der Waals surface area contributed by atoms with Gasteiger partial charge in [0, 0.05) is 12.1 Å². The van der Waals surface area contributed by atoms with Gasteiger partial charge in [-0.25, -0.2) is 13.1 Å². The molecule has 3 N–H and O–H groups in total. The van der Waals surface area contributed by atoms with Crippen LogP contribution in [-0.4, -0.2) is 50.4 Å². The Morgan fingerprint density at radius 1 is 1.20 bits per heavy atom. The Morgan fingerprint density at radius 2 is 1.84 bits per heavy atom. The first kappa shape index (κ1) is 21.1. The number of benzene rings is 1. The zero-order valence-electron chi connectivity index (χ0n) is 14.3. The van der Waals surface area contributed by atoms with Crippen molar-refractivity contribution in [1.82, 2.24) is 4.72 Å². The lowest BCUT2D eigenvalue weighted by Crippen LogP contribution is -2.35. The van der Waals surface area contributed by atoms with Gasteiger partial charge in [0.1, 0.15) is 0 Å². The molecule has 0 spiro atoms. The summed E-state index contributed by atoms with van der Waals surface area (Å²) in [5.41, 5.74) is 1.35. The molecule has 0 aromatic heterocycles. The van der Waals surface area contributed by atoms with Gasteiger partial charge < -0.3 is 15.2 Å². The standard InChI is InChI=1S/C16H24N2O6S/c1-12(2)24-9-10-25(22,23)17-11-15(19)18-14-6-3-13(4-7-14)5-8-16(20)21/h3-4,6-7,12,17H,5,8-11H2,1-2H3,(H,18,19)(H,20,21). The fourth-order valence-corrected chi connectivity index (χ4v) is 2.66. The van der Waals surface area contributed by atoms with Crippen LogP contribution >= 0.6 is 0 Å². The Balaban J connectivity index is 2.39. The number of aliphatic carboxylic acids is 1. The number of ether oxygens (including phenoxy) is 1. The molecule has 8 nitrogen and oxygen atoms in total. The summed E-state index contributed by atoms with van der Waals surface area (Å²) in [7, 11) is -3.58. The van der Waals surface area contributed by atoms with E-state index >= 15 is 0 Å². The van der Waals surface area contributed by atoms with Gasteiger partial charge in [0.2, 0.25) is 15.9 Å². The van der Waals surface area contributed by atoms with Crippen LogP contribution in [0.15, 0.2) is 24.3 Å². The maximum Gasteiger partial charge on any atom is 0.303 e. The predicted octanol–water partition coefficient (Wildman–Crippen LogP) is 0.987. The van der Waals surface area contributed by atoms with Crippen molar-refractivity contribution in [2.75, 3.05) is 24.2 Å². The molecule has 0 aliphatic rings. The summed E-state index contributed by atoms with van der Waals surface area (Å²) in [6, 6.07) is 6.71. The highest BCUT2D eigenvalue weighted by Gasteiger charge is 2.13. The zero-order valence-corrected chi connectivity index (χ0v) is 15.1. The van der Waals surface area contributed by atoms with Crippen molar-refractivity contribution in [3.63, 3.8) is 0 Å². The molecule has 9 heteroatoms. The second-order valence-electron chi connectivity index (χ2n) is 5.70. The number of aryl methyl sites for hydroxylation is 1. The van der Waals surface area contributed by atoms with Gasteiger partial charge in [-0.05, 0) is 38.0 Å². The summed E-state index contributed by atoms with van der Waals surface area (Å²) in [5.74, 6) is -1.58. The predicted molar refractivity (Wildman–Crippen MR) is 93.9 cm³/mol. The van der Waals surface area contributed by atoms with Crippen LogP contribution in [0, 0.1) is 0 Å². The van der Waals surface area contributed by atoms with Crippen LogP contribution in [0.4, 0.5) is 5.69 Å². The van der Waals surface area contributed by atoms with Crippen LogP contribution in [0.5, 0.6) is 0 Å². The van der Waals surface area contributed by atoms with Crippen molar-refractivity contribution in [3.8, 4) is 0 Å². The van der Waals surface area contributed by atoms with Crippen molar-refractivity contribution >= 4 is 27.6 Å². The average Bonchev–Trinajstić information content (AvgIpc) is 2.52. The number of carboxylic acids is 1. The third-order valence-corrected chi connectivity index (χ3v) is 4.41. The highest BCUT2D eigenvalue weighted by atomic mass is 32.2. The minimum absolute atomic E-state index is 0.0357. The van der Waals surface area contributed by atoms with Crippen molar-refractivity contribution in [2.24, 2.45) is 0 Å². The minimum atomic E-state index is -3.58. The molecule has 0 radical (unpaired) electrons. The number of carbonyl (C=O) groups excluding carboxylic acids is 1. The number of rotatable bonds is 11. The number of nitrogens with one attached hydrogen (secondary N) is 2. The van der Waals surface area contributed by atoms with Gasteiger partial charge in [0.05, 0.1) is 25.0 Å². The van der Waals surface area contributed by atoms with E-state index in [-0.39, 0.29) is 31.4 Å². The van der Waals surface area contributed by atoms with Crippen LogP contribution in [-0.2, 0) is 30.8 Å². The molecule has 0 bridgehead atoms. The molecule has 25 heavy (non-hydrogen) atoms. The van der Waals surface area contributed by atoms with Crippen molar-refractivity contribution in [2.45, 2.75) is 32.8 Å². The van der Waals surface area contributed by atoms with E-state index in [4.69, 9.17) is 9.84 Å². The second kappa shape index (κ2) is 10.1. The summed E-state index contributed by atoms with van der Waals surface area (Å²) >= 11 is 0. The normalized spacial score (nSPS) is 11.5. The first-order valence-corrected chi connectivity index (χ1v) is 9.52. The van der Waals surface area contributed by atoms with Gasteiger partial charge in [0.25, 0.3) is 0 Å². The summed E-state index contributed by atoms with van der Waals surface area (Å²) < 4.78 is 30.8. The maximum atomic E-state index is 11.8. The molecule has 0 aliphatic carbocycles. The average molecular weight is 372 g/mol. The molecule has 0 fully saturated rings. The van der Waals surface area contributed by atoms with E-state index < -0.39 is 21.9 Å². The number of hydrogen-bond acceptors (Lipinski definition) is 5. The SMILES string of the molecule is CC(C)OCCS(=O)(=O)NCC(=O)Nc1ccc(CCC(=O)O)cc1. The Bertz CT molecular complexity index is 670. The van der Waals surface area contributed by atoms with E-state index in [0.29, 0.717) is 12.1 Å². The fraction of sp³-hybridized carbons (Fsp3) is 0.500. The second-order valence-corrected chi connectivity index (χ2v) is 7.62. The molecular weight excluding hydrogens is 348 g/mol. The third kappa shape index (κ3) is 9.80. The molecule has 1 aromatic carbocycles. The Morgan fingerprint density at radius 3 is 2.40 bits per heavy atom. The number of carboxylic acid groups (broad SMARTS) is 1. The van der Waals surface area contributed by atoms with Crippen LogP contribution < -0.4 is 10.0 Å². The molecule has 1 amide bonds. The minimum Gasteiger partial charge on any atom is -0.481 e. The van der Waals surface area contributed by atoms with Gasteiger partial charge in [-0.1, -0.05) is 12.1 Å². The van der Waals surface area contributed by atoms with E-state index in [0.717, 1.165) is 5.56 Å². The van der Waals surface area contributed by atoms with Crippen LogP contribution in [0.2, 0.25) is 0 Å². The molecular formula is C16H24N2O6S. The van der Waals surface area contributed by atoms with Crippen LogP contribution in [0.1, 0.15) is 25.8 Å². The maximum absolute atomic E-state index is 11.8. The summed E-state index contributed by atoms with van der Waals surface area (Å²) in [6.45, 7) is 3.30. The summed E-state index contributed by atoms with van der Waals surface area (Å²) in [4.78, 5) is 22.3. The Hall–Kier alpha value is -1.97. The summed E-state index contributed by atoms with van der Waals surface area (Å²) in [5, 5.41) is 11.2. The van der Waals surface area contributed by atoms with E-state index in [9.17, 15) is 18.0 Å². The van der Waals surface area contributed by atoms with Gasteiger partial charge in [-0.15, -0.1) is 0 Å². The first-order chi connectivity index (χ1) is 11.7. The lowest BCUT2D eigenvalue weighted by atomic mass is 10.1. The highest BCUT2D eigenvalue weighted by molar-refractivity contribution is 7.89. The van der Waals surface area contributed by atoms with Crippen molar-refractivity contribution < 1.29 is 27.9 Å². The van der Waals surface area contributed by atoms with Crippen LogP contribution in [0.3, 0.4) is 0 Å². The molecule has 0 aliphatic heterocycles. The van der Waals surface area contributed by atoms with Gasteiger partial charge in [-0.3, -0.25) is 9.59 Å². The lowest BCUT2D eigenvalue weighted by Gasteiger charge is -2.10. The molecule has 140 valence electrons. The number of anilines is 1. The number of amides is 1. The van der Waals surface area contributed by atoms with Gasteiger partial charge >= 0.3 is 5.97 Å². The van der Waals surface area contributed by atoms with Crippen molar-refractivity contribution in [3.05, 3.63) is 29.8 Å². The first-order valence-electron chi connectivity index (χ1n) is 7.87. The van der Waals surface area contributed by atoms with E-state index in [2.05, 4.69) is 10.0 Å². The number of sulfonamides is 1. The molecule has 0 saturated carbocycles. The van der Waals surface area contributed by atoms with E-state index in [1.165, 1.54) is 0 Å². The highest BCUT2D eigenvalue weighted by Crippen LogP contribution is 2.11.